The van der Waals surface area contributed by atoms with E-state index in [-0.39, 0.29) is 12.5 Å². The number of benzene rings is 1. The van der Waals surface area contributed by atoms with Crippen molar-refractivity contribution in [3.05, 3.63) is 64.8 Å². The van der Waals surface area contributed by atoms with Crippen LogP contribution in [0.5, 0.6) is 0 Å². The molecule has 5 nitrogen and oxygen atoms in total. The summed E-state index contributed by atoms with van der Waals surface area (Å²) in [6.07, 6.45) is 2.73. The summed E-state index contributed by atoms with van der Waals surface area (Å²) in [5.41, 5.74) is 4.49. The highest BCUT2D eigenvalue weighted by atomic mass is 32.1. The SMILES string of the molecule is CCc1ccc(-c2nc(CN(C)CC(=O)Nc3cc(C)ccn3)cs2)cc1. The predicted octanol–water partition coefficient (Wildman–Crippen LogP) is 4.15. The number of aryl methyl sites for hydroxylation is 2. The number of nitrogens with one attached hydrogen (secondary N) is 1. The van der Waals surface area contributed by atoms with Gasteiger partial charge in [-0.15, -0.1) is 11.3 Å². The molecular weight excluding hydrogens is 356 g/mol. The topological polar surface area (TPSA) is 58.1 Å². The Balaban J connectivity index is 1.55. The zero-order valence-corrected chi connectivity index (χ0v) is 16.7. The molecule has 0 fully saturated rings. The number of carbonyl (C=O) groups is 1. The Labute approximate surface area is 164 Å². The van der Waals surface area contributed by atoms with E-state index in [1.807, 2.05) is 31.0 Å². The van der Waals surface area contributed by atoms with Gasteiger partial charge in [0.15, 0.2) is 0 Å². The van der Waals surface area contributed by atoms with Crippen LogP contribution in [0.15, 0.2) is 48.0 Å². The third kappa shape index (κ3) is 5.45. The van der Waals surface area contributed by atoms with E-state index >= 15 is 0 Å². The van der Waals surface area contributed by atoms with Crippen LogP contribution in [-0.2, 0) is 17.8 Å². The highest BCUT2D eigenvalue weighted by molar-refractivity contribution is 7.13. The third-order valence-electron chi connectivity index (χ3n) is 4.19. The Bertz CT molecular complexity index is 905. The molecule has 0 atom stereocenters. The average molecular weight is 381 g/mol. The first-order chi connectivity index (χ1) is 13.0. The van der Waals surface area contributed by atoms with Gasteiger partial charge in [-0.1, -0.05) is 31.2 Å². The molecule has 0 aliphatic rings. The number of anilines is 1. The predicted molar refractivity (Wildman–Crippen MR) is 111 cm³/mol. The van der Waals surface area contributed by atoms with Gasteiger partial charge in [-0.2, -0.15) is 0 Å². The second kappa shape index (κ2) is 8.88. The smallest absolute Gasteiger partial charge is 0.239 e. The van der Waals surface area contributed by atoms with Crippen LogP contribution in [0.1, 0.15) is 23.7 Å². The van der Waals surface area contributed by atoms with Crippen molar-refractivity contribution in [2.75, 3.05) is 18.9 Å². The highest BCUT2D eigenvalue weighted by Gasteiger charge is 2.11. The molecule has 0 saturated heterocycles. The van der Waals surface area contributed by atoms with Crippen molar-refractivity contribution in [1.82, 2.24) is 14.9 Å². The largest absolute Gasteiger partial charge is 0.310 e. The summed E-state index contributed by atoms with van der Waals surface area (Å²) in [6, 6.07) is 12.3. The van der Waals surface area contributed by atoms with Crippen molar-refractivity contribution in [1.29, 1.82) is 0 Å². The fourth-order valence-electron chi connectivity index (χ4n) is 2.76. The van der Waals surface area contributed by atoms with Crippen molar-refractivity contribution >= 4 is 23.1 Å². The second-order valence-electron chi connectivity index (χ2n) is 6.63. The number of aromatic nitrogens is 2. The first-order valence-corrected chi connectivity index (χ1v) is 9.86. The van der Waals surface area contributed by atoms with Crippen molar-refractivity contribution < 1.29 is 4.79 Å². The van der Waals surface area contributed by atoms with E-state index in [0.717, 1.165) is 28.2 Å². The summed E-state index contributed by atoms with van der Waals surface area (Å²) in [5, 5.41) is 5.90. The Morgan fingerprint density at radius 3 is 2.70 bits per heavy atom. The van der Waals surface area contributed by atoms with Crippen LogP contribution in [-0.4, -0.2) is 34.4 Å². The third-order valence-corrected chi connectivity index (χ3v) is 5.13. The lowest BCUT2D eigenvalue weighted by atomic mass is 10.1. The molecule has 1 aromatic carbocycles. The monoisotopic (exact) mass is 380 g/mol. The van der Waals surface area contributed by atoms with Crippen LogP contribution < -0.4 is 5.32 Å². The normalized spacial score (nSPS) is 11.0. The molecule has 2 aromatic heterocycles. The van der Waals surface area contributed by atoms with Gasteiger partial charge in [0.05, 0.1) is 12.2 Å². The Morgan fingerprint density at radius 1 is 1.22 bits per heavy atom. The molecule has 27 heavy (non-hydrogen) atoms. The average Bonchev–Trinajstić information content (AvgIpc) is 3.10. The summed E-state index contributed by atoms with van der Waals surface area (Å²) in [5.74, 6) is 0.501. The van der Waals surface area contributed by atoms with E-state index in [0.29, 0.717) is 12.4 Å². The molecule has 3 rings (SSSR count). The van der Waals surface area contributed by atoms with Crippen molar-refractivity contribution in [3.63, 3.8) is 0 Å². The van der Waals surface area contributed by atoms with Crippen molar-refractivity contribution in [3.8, 4) is 10.6 Å². The van der Waals surface area contributed by atoms with E-state index in [4.69, 9.17) is 4.98 Å². The molecular formula is C21H24N4OS. The van der Waals surface area contributed by atoms with Crippen LogP contribution in [0.3, 0.4) is 0 Å². The van der Waals surface area contributed by atoms with Gasteiger partial charge in [0.1, 0.15) is 10.8 Å². The van der Waals surface area contributed by atoms with Crippen LogP contribution in [0.4, 0.5) is 5.82 Å². The minimum atomic E-state index is -0.0822. The Kier molecular flexibility index (Phi) is 6.32. The van der Waals surface area contributed by atoms with Crippen LogP contribution >= 0.6 is 11.3 Å². The van der Waals surface area contributed by atoms with Crippen molar-refractivity contribution in [2.24, 2.45) is 0 Å². The number of carbonyl (C=O) groups excluding carboxylic acids is 1. The molecule has 3 aromatic rings. The summed E-state index contributed by atoms with van der Waals surface area (Å²) in [4.78, 5) is 23.0. The fourth-order valence-corrected chi connectivity index (χ4v) is 3.58. The van der Waals surface area contributed by atoms with E-state index in [1.165, 1.54) is 5.56 Å². The van der Waals surface area contributed by atoms with Gasteiger partial charge in [-0.3, -0.25) is 9.69 Å². The lowest BCUT2D eigenvalue weighted by Crippen LogP contribution is -2.30. The van der Waals surface area contributed by atoms with Gasteiger partial charge in [0.2, 0.25) is 5.91 Å². The standard InChI is InChI=1S/C21H24N4OS/c1-4-16-5-7-17(8-6-16)21-23-18(14-27-21)12-25(3)13-20(26)24-19-11-15(2)9-10-22-19/h5-11,14H,4,12-13H2,1-3H3,(H,22,24,26). The van der Waals surface area contributed by atoms with E-state index < -0.39 is 0 Å². The molecule has 140 valence electrons. The Morgan fingerprint density at radius 2 is 2.00 bits per heavy atom. The second-order valence-corrected chi connectivity index (χ2v) is 7.49. The van der Waals surface area contributed by atoms with E-state index in [1.54, 1.807) is 17.5 Å². The van der Waals surface area contributed by atoms with Crippen LogP contribution in [0.25, 0.3) is 10.6 Å². The highest BCUT2D eigenvalue weighted by Crippen LogP contribution is 2.24. The molecule has 0 radical (unpaired) electrons. The zero-order chi connectivity index (χ0) is 19.2. The molecule has 0 aliphatic heterocycles. The molecule has 0 spiro atoms. The molecule has 1 N–H and O–H groups in total. The zero-order valence-electron chi connectivity index (χ0n) is 15.9. The lowest BCUT2D eigenvalue weighted by Gasteiger charge is -2.14. The van der Waals surface area contributed by atoms with E-state index in [2.05, 4.69) is 46.9 Å². The van der Waals surface area contributed by atoms with Crippen LogP contribution in [0, 0.1) is 6.92 Å². The van der Waals surface area contributed by atoms with Gasteiger partial charge < -0.3 is 5.32 Å². The maximum absolute atomic E-state index is 12.2. The van der Waals surface area contributed by atoms with Crippen LogP contribution in [0.2, 0.25) is 0 Å². The number of thiazole rings is 1. The molecule has 0 saturated carbocycles. The molecule has 1 amide bonds. The quantitative estimate of drug-likeness (QED) is 0.669. The van der Waals surface area contributed by atoms with Gasteiger partial charge in [-0.25, -0.2) is 9.97 Å². The van der Waals surface area contributed by atoms with Gasteiger partial charge >= 0.3 is 0 Å². The molecule has 2 heterocycles. The maximum Gasteiger partial charge on any atom is 0.239 e. The summed E-state index contributed by atoms with van der Waals surface area (Å²) >= 11 is 1.63. The number of hydrogen-bond donors (Lipinski definition) is 1. The molecule has 0 bridgehead atoms. The first kappa shape index (κ1) is 19.2. The van der Waals surface area contributed by atoms with Gasteiger partial charge in [0, 0.05) is 23.7 Å². The summed E-state index contributed by atoms with van der Waals surface area (Å²) < 4.78 is 0. The Hall–Kier alpha value is -2.57. The minimum absolute atomic E-state index is 0.0822. The fraction of sp³-hybridized carbons (Fsp3) is 0.286. The summed E-state index contributed by atoms with van der Waals surface area (Å²) in [6.45, 7) is 5.03. The van der Waals surface area contributed by atoms with Gasteiger partial charge in [-0.05, 0) is 43.7 Å². The number of amides is 1. The first-order valence-electron chi connectivity index (χ1n) is 8.98. The number of pyridine rings is 1. The van der Waals surface area contributed by atoms with E-state index in [9.17, 15) is 4.79 Å². The molecule has 6 heteroatoms. The number of hydrogen-bond acceptors (Lipinski definition) is 5. The number of rotatable bonds is 7. The summed E-state index contributed by atoms with van der Waals surface area (Å²) in [7, 11) is 1.91. The number of likely N-dealkylation sites (N-methyl/N-ethyl adjacent to an activating group) is 1. The molecule has 0 unspecified atom stereocenters. The van der Waals surface area contributed by atoms with Crippen molar-refractivity contribution in [2.45, 2.75) is 26.8 Å². The minimum Gasteiger partial charge on any atom is -0.310 e. The van der Waals surface area contributed by atoms with Gasteiger partial charge in [0.25, 0.3) is 0 Å². The lowest BCUT2D eigenvalue weighted by molar-refractivity contribution is -0.117. The maximum atomic E-state index is 12.2. The molecule has 0 aliphatic carbocycles. The number of nitrogens with zero attached hydrogens (tertiary/aromatic N) is 3.